The van der Waals surface area contributed by atoms with Crippen molar-refractivity contribution in [1.29, 1.82) is 0 Å². The van der Waals surface area contributed by atoms with Gasteiger partial charge in [0, 0.05) is 6.54 Å². The minimum Gasteiger partial charge on any atom is -0.497 e. The molecule has 0 spiro atoms. The molecule has 0 heterocycles. The third-order valence-corrected chi connectivity index (χ3v) is 3.34. The van der Waals surface area contributed by atoms with Crippen molar-refractivity contribution in [2.45, 2.75) is 13.1 Å². The summed E-state index contributed by atoms with van der Waals surface area (Å²) in [5.74, 6) is 0.790. The topological polar surface area (TPSA) is 41.6 Å². The Morgan fingerprint density at radius 2 is 1.76 bits per heavy atom. The lowest BCUT2D eigenvalue weighted by Crippen LogP contribution is -2.33. The molecular formula is C16H18N2O2S. The van der Waals surface area contributed by atoms with Crippen LogP contribution < -0.4 is 10.1 Å². The molecule has 1 N–H and O–H groups in total. The number of nitrogens with one attached hydrogen (secondary N) is 1. The number of hydrogen-bond donors (Lipinski definition) is 2. The van der Waals surface area contributed by atoms with Crippen molar-refractivity contribution in [3.8, 4) is 5.75 Å². The number of thiol groups is 1. The molecule has 0 unspecified atom stereocenters. The molecule has 0 radical (unpaired) electrons. The Bertz CT molecular complexity index is 573. The van der Waals surface area contributed by atoms with E-state index in [1.54, 1.807) is 7.11 Å². The van der Waals surface area contributed by atoms with Gasteiger partial charge in [0.1, 0.15) is 5.75 Å². The summed E-state index contributed by atoms with van der Waals surface area (Å²) >= 11 is 4.22. The van der Waals surface area contributed by atoms with Crippen LogP contribution in [0.3, 0.4) is 0 Å². The number of ether oxygens (including phenoxy) is 1. The van der Waals surface area contributed by atoms with E-state index in [9.17, 15) is 4.79 Å². The SMILES string of the molecule is COc1ccc(CN(S)C(=O)NCc2ccccc2)cc1. The molecule has 21 heavy (non-hydrogen) atoms. The molecule has 110 valence electrons. The second-order valence-corrected chi connectivity index (χ2v) is 5.03. The number of methoxy groups -OCH3 is 1. The van der Waals surface area contributed by atoms with Gasteiger partial charge in [-0.1, -0.05) is 55.3 Å². The van der Waals surface area contributed by atoms with Crippen molar-refractivity contribution in [3.63, 3.8) is 0 Å². The van der Waals surface area contributed by atoms with Gasteiger partial charge in [0.25, 0.3) is 0 Å². The number of amides is 2. The Kier molecular flexibility index (Phi) is 5.51. The Labute approximate surface area is 130 Å². The molecule has 0 aliphatic rings. The summed E-state index contributed by atoms with van der Waals surface area (Å²) in [6.07, 6.45) is 0. The van der Waals surface area contributed by atoms with Crippen molar-refractivity contribution < 1.29 is 9.53 Å². The van der Waals surface area contributed by atoms with Crippen LogP contribution in [0.1, 0.15) is 11.1 Å². The summed E-state index contributed by atoms with van der Waals surface area (Å²) in [5, 5.41) is 2.83. The molecule has 2 amide bonds. The first-order chi connectivity index (χ1) is 10.2. The summed E-state index contributed by atoms with van der Waals surface area (Å²) in [5.41, 5.74) is 2.04. The molecule has 2 aromatic rings. The average Bonchev–Trinajstić information content (AvgIpc) is 2.54. The van der Waals surface area contributed by atoms with Gasteiger partial charge in [-0.25, -0.2) is 4.79 Å². The summed E-state index contributed by atoms with van der Waals surface area (Å²) in [6.45, 7) is 0.910. The summed E-state index contributed by atoms with van der Waals surface area (Å²) in [4.78, 5) is 12.0. The van der Waals surface area contributed by atoms with Crippen molar-refractivity contribution >= 4 is 18.8 Å². The highest BCUT2D eigenvalue weighted by molar-refractivity contribution is 7.78. The van der Waals surface area contributed by atoms with Crippen LogP contribution in [0.25, 0.3) is 0 Å². The van der Waals surface area contributed by atoms with Crippen LogP contribution >= 0.6 is 12.8 Å². The van der Waals surface area contributed by atoms with E-state index >= 15 is 0 Å². The molecule has 0 saturated heterocycles. The highest BCUT2D eigenvalue weighted by Crippen LogP contribution is 2.14. The van der Waals surface area contributed by atoms with Crippen LogP contribution in [0.5, 0.6) is 5.75 Å². The molecule has 5 heteroatoms. The van der Waals surface area contributed by atoms with E-state index in [4.69, 9.17) is 4.74 Å². The largest absolute Gasteiger partial charge is 0.497 e. The second kappa shape index (κ2) is 7.59. The maximum Gasteiger partial charge on any atom is 0.327 e. The van der Waals surface area contributed by atoms with Crippen molar-refractivity contribution in [2.24, 2.45) is 0 Å². The minimum absolute atomic E-state index is 0.224. The number of hydrogen-bond acceptors (Lipinski definition) is 3. The monoisotopic (exact) mass is 302 g/mol. The smallest absolute Gasteiger partial charge is 0.327 e. The Balaban J connectivity index is 1.84. The Morgan fingerprint density at radius 3 is 2.38 bits per heavy atom. The molecule has 0 bridgehead atoms. The van der Waals surface area contributed by atoms with Crippen LogP contribution in [0, 0.1) is 0 Å². The fourth-order valence-electron chi connectivity index (χ4n) is 1.84. The average molecular weight is 302 g/mol. The number of carbonyl (C=O) groups excluding carboxylic acids is 1. The molecular weight excluding hydrogens is 284 g/mol. The number of urea groups is 1. The molecule has 0 saturated carbocycles. The predicted molar refractivity (Wildman–Crippen MR) is 86.2 cm³/mol. The second-order valence-electron chi connectivity index (χ2n) is 4.55. The fraction of sp³-hybridized carbons (Fsp3) is 0.188. The van der Waals surface area contributed by atoms with Gasteiger partial charge in [-0.3, -0.25) is 4.31 Å². The number of rotatable bonds is 5. The lowest BCUT2D eigenvalue weighted by Gasteiger charge is -2.16. The van der Waals surface area contributed by atoms with E-state index in [1.165, 1.54) is 4.31 Å². The Hall–Kier alpha value is -2.14. The molecule has 0 atom stereocenters. The predicted octanol–water partition coefficient (Wildman–Crippen LogP) is 3.25. The fourth-order valence-corrected chi connectivity index (χ4v) is 2.07. The molecule has 2 aromatic carbocycles. The van der Waals surface area contributed by atoms with Crippen LogP contribution in [0.2, 0.25) is 0 Å². The standard InChI is InChI=1S/C16H18N2O2S/c1-20-15-9-7-14(8-10-15)12-18(21)16(19)17-11-13-5-3-2-4-6-13/h2-10,21H,11-12H2,1H3,(H,17,19). The van der Waals surface area contributed by atoms with Gasteiger partial charge >= 0.3 is 6.03 Å². The van der Waals surface area contributed by atoms with E-state index in [0.717, 1.165) is 16.9 Å². The molecule has 0 aliphatic carbocycles. The van der Waals surface area contributed by atoms with Crippen LogP contribution in [-0.2, 0) is 13.1 Å². The normalized spacial score (nSPS) is 10.0. The summed E-state index contributed by atoms with van der Waals surface area (Å²) < 4.78 is 6.45. The maximum absolute atomic E-state index is 12.0. The van der Waals surface area contributed by atoms with Gasteiger partial charge in [0.2, 0.25) is 0 Å². The lowest BCUT2D eigenvalue weighted by atomic mass is 10.2. The Morgan fingerprint density at radius 1 is 1.10 bits per heavy atom. The third kappa shape index (κ3) is 4.72. The van der Waals surface area contributed by atoms with E-state index in [2.05, 4.69) is 18.1 Å². The third-order valence-electron chi connectivity index (χ3n) is 3.01. The maximum atomic E-state index is 12.0. The van der Waals surface area contributed by atoms with Gasteiger partial charge in [0.05, 0.1) is 13.7 Å². The molecule has 4 nitrogen and oxygen atoms in total. The van der Waals surface area contributed by atoms with Crippen molar-refractivity contribution in [3.05, 3.63) is 65.7 Å². The highest BCUT2D eigenvalue weighted by atomic mass is 32.1. The number of carbonyl (C=O) groups is 1. The van der Waals surface area contributed by atoms with Crippen molar-refractivity contribution in [2.75, 3.05) is 7.11 Å². The first-order valence-electron chi connectivity index (χ1n) is 6.60. The quantitative estimate of drug-likeness (QED) is 0.833. The number of benzene rings is 2. The zero-order valence-corrected chi connectivity index (χ0v) is 12.7. The van der Waals surface area contributed by atoms with Gasteiger partial charge in [-0.2, -0.15) is 0 Å². The van der Waals surface area contributed by atoms with Crippen LogP contribution in [0.15, 0.2) is 54.6 Å². The van der Waals surface area contributed by atoms with Gasteiger partial charge < -0.3 is 10.1 Å². The summed E-state index contributed by atoms with van der Waals surface area (Å²) in [7, 11) is 1.62. The van der Waals surface area contributed by atoms with Gasteiger partial charge in [-0.05, 0) is 23.3 Å². The zero-order valence-electron chi connectivity index (χ0n) is 11.8. The molecule has 2 rings (SSSR count). The van der Waals surface area contributed by atoms with E-state index in [0.29, 0.717) is 13.1 Å². The molecule has 0 fully saturated rings. The first kappa shape index (κ1) is 15.3. The molecule has 0 aromatic heterocycles. The lowest BCUT2D eigenvalue weighted by molar-refractivity contribution is 0.225. The van der Waals surface area contributed by atoms with Gasteiger partial charge in [0.15, 0.2) is 0 Å². The highest BCUT2D eigenvalue weighted by Gasteiger charge is 2.09. The zero-order chi connectivity index (χ0) is 15.1. The summed E-state index contributed by atoms with van der Waals surface area (Å²) in [6, 6.07) is 17.1. The van der Waals surface area contributed by atoms with E-state index in [-0.39, 0.29) is 6.03 Å². The van der Waals surface area contributed by atoms with E-state index < -0.39 is 0 Å². The first-order valence-corrected chi connectivity index (χ1v) is 7.00. The van der Waals surface area contributed by atoms with E-state index in [1.807, 2.05) is 54.6 Å². The minimum atomic E-state index is -0.224. The van der Waals surface area contributed by atoms with Crippen molar-refractivity contribution in [1.82, 2.24) is 9.62 Å². The van der Waals surface area contributed by atoms with Crippen LogP contribution in [0.4, 0.5) is 4.79 Å². The van der Waals surface area contributed by atoms with Gasteiger partial charge in [-0.15, -0.1) is 0 Å². The number of nitrogens with zero attached hydrogens (tertiary/aromatic N) is 1. The molecule has 0 aliphatic heterocycles. The van der Waals surface area contributed by atoms with Crippen LogP contribution in [-0.4, -0.2) is 17.4 Å².